The summed E-state index contributed by atoms with van der Waals surface area (Å²) in [5, 5.41) is 7.11. The fourth-order valence-corrected chi connectivity index (χ4v) is 5.38. The van der Waals surface area contributed by atoms with Gasteiger partial charge in [0.1, 0.15) is 11.6 Å². The van der Waals surface area contributed by atoms with E-state index in [4.69, 9.17) is 4.74 Å². The Morgan fingerprint density at radius 3 is 2.27 bits per heavy atom. The van der Waals surface area contributed by atoms with Gasteiger partial charge in [-0.3, -0.25) is 0 Å². The Morgan fingerprint density at radius 2 is 1.65 bits per heavy atom. The minimum Gasteiger partial charge on any atom is -0.494 e. The summed E-state index contributed by atoms with van der Waals surface area (Å²) in [7, 11) is 0. The third-order valence-corrected chi connectivity index (χ3v) is 7.72. The molecular weight excluding hydrogens is 465 g/mol. The van der Waals surface area contributed by atoms with E-state index in [1.807, 2.05) is 37.3 Å². The van der Waals surface area contributed by atoms with Crippen LogP contribution in [-0.2, 0) is 0 Å². The number of ether oxygens (including phenoxy) is 1. The maximum absolute atomic E-state index is 13.9. The number of rotatable bonds is 7. The van der Waals surface area contributed by atoms with Gasteiger partial charge in [0, 0.05) is 34.8 Å². The smallest absolute Gasteiger partial charge is 0.319 e. The Morgan fingerprint density at radius 1 is 0.946 bits per heavy atom. The number of halogens is 1. The van der Waals surface area contributed by atoms with Crippen LogP contribution in [0.25, 0.3) is 33.3 Å². The largest absolute Gasteiger partial charge is 0.494 e. The lowest BCUT2D eigenvalue weighted by molar-refractivity contribution is 0.240. The number of carbonyl (C=O) groups excluding carboxylic acids is 1. The van der Waals surface area contributed by atoms with Crippen molar-refractivity contribution in [2.24, 2.45) is 0 Å². The van der Waals surface area contributed by atoms with Crippen LogP contribution in [0.4, 0.5) is 14.9 Å². The van der Waals surface area contributed by atoms with Gasteiger partial charge >= 0.3 is 6.03 Å². The minimum absolute atomic E-state index is 0.156. The van der Waals surface area contributed by atoms with Crippen LogP contribution in [0.15, 0.2) is 66.7 Å². The molecule has 6 heteroatoms. The Hall–Kier alpha value is -3.80. The highest BCUT2D eigenvalue weighted by Crippen LogP contribution is 2.47. The second-order valence-electron chi connectivity index (χ2n) is 10.1. The Labute approximate surface area is 216 Å². The van der Waals surface area contributed by atoms with Crippen molar-refractivity contribution in [3.8, 4) is 28.1 Å². The number of amides is 2. The Kier molecular flexibility index (Phi) is 6.33. The van der Waals surface area contributed by atoms with Crippen LogP contribution in [0.2, 0.25) is 0 Å². The molecule has 5 nitrogen and oxygen atoms in total. The first-order chi connectivity index (χ1) is 18.1. The zero-order valence-corrected chi connectivity index (χ0v) is 21.1. The average Bonchev–Trinajstić information content (AvgIpc) is 3.16. The van der Waals surface area contributed by atoms with Gasteiger partial charge in [0.05, 0.1) is 17.8 Å². The molecule has 0 bridgehead atoms. The molecule has 1 aromatic heterocycles. The van der Waals surface area contributed by atoms with Gasteiger partial charge in [-0.1, -0.05) is 24.3 Å². The molecule has 0 radical (unpaired) electrons. The van der Waals surface area contributed by atoms with Gasteiger partial charge in [-0.15, -0.1) is 0 Å². The molecule has 2 aliphatic rings. The highest BCUT2D eigenvalue weighted by molar-refractivity contribution is 6.05. The van der Waals surface area contributed by atoms with Crippen LogP contribution in [-0.4, -0.2) is 23.2 Å². The van der Waals surface area contributed by atoms with Crippen LogP contribution in [0.1, 0.15) is 51.5 Å². The molecule has 0 atom stereocenters. The molecule has 6 rings (SSSR count). The van der Waals surface area contributed by atoms with Crippen molar-refractivity contribution in [1.29, 1.82) is 0 Å². The number of urea groups is 1. The molecule has 2 fully saturated rings. The summed E-state index contributed by atoms with van der Waals surface area (Å²) in [5.74, 6) is 0.601. The van der Waals surface area contributed by atoms with Crippen LogP contribution in [0.3, 0.4) is 0 Å². The zero-order chi connectivity index (χ0) is 25.4. The quantitative estimate of drug-likeness (QED) is 0.273. The van der Waals surface area contributed by atoms with Crippen molar-refractivity contribution in [3.05, 3.63) is 72.5 Å². The third-order valence-electron chi connectivity index (χ3n) is 7.72. The molecule has 0 spiro atoms. The summed E-state index contributed by atoms with van der Waals surface area (Å²) < 4.78 is 22.2. The van der Waals surface area contributed by atoms with Gasteiger partial charge in [-0.25, -0.2) is 9.18 Å². The van der Waals surface area contributed by atoms with Crippen molar-refractivity contribution >= 4 is 22.6 Å². The number of fused-ring (bicyclic) bond motifs is 1. The normalized spacial score (nSPS) is 15.7. The van der Waals surface area contributed by atoms with Crippen molar-refractivity contribution in [3.63, 3.8) is 0 Å². The van der Waals surface area contributed by atoms with Gasteiger partial charge in [-0.05, 0) is 93.0 Å². The molecule has 2 amide bonds. The lowest BCUT2D eigenvalue weighted by Crippen LogP contribution is -2.41. The molecular formula is C31H32FN3O2. The standard InChI is InChI=1S/C31H32FN3O2/c1-2-37-26-17-18-27-28(19-26)35(25-7-4-8-25)30(29(27)20-9-13-22(32)14-10-20)21-11-15-24(16-12-21)34-31(36)33-23-5-3-6-23/h9-19,23,25H,2-8H2,1H3,(H2,33,34,36). The maximum Gasteiger partial charge on any atom is 0.319 e. The molecule has 2 saturated carbocycles. The van der Waals surface area contributed by atoms with Crippen molar-refractivity contribution < 1.29 is 13.9 Å². The van der Waals surface area contributed by atoms with Gasteiger partial charge < -0.3 is 19.9 Å². The highest BCUT2D eigenvalue weighted by atomic mass is 19.1. The lowest BCUT2D eigenvalue weighted by Gasteiger charge is -2.30. The minimum atomic E-state index is -0.248. The SMILES string of the molecule is CCOc1ccc2c(-c3ccc(F)cc3)c(-c3ccc(NC(=O)NC4CCC4)cc3)n(C3CCC3)c2c1. The summed E-state index contributed by atoms with van der Waals surface area (Å²) in [5.41, 5.74) is 6.13. The van der Waals surface area contributed by atoms with Crippen molar-refractivity contribution in [1.82, 2.24) is 9.88 Å². The lowest BCUT2D eigenvalue weighted by atomic mass is 9.91. The summed E-state index contributed by atoms with van der Waals surface area (Å²) >= 11 is 0. The number of hydrogen-bond acceptors (Lipinski definition) is 2. The van der Waals surface area contributed by atoms with E-state index in [1.165, 1.54) is 25.0 Å². The summed E-state index contributed by atoms with van der Waals surface area (Å²) in [4.78, 5) is 12.4. The molecule has 37 heavy (non-hydrogen) atoms. The number of nitrogens with one attached hydrogen (secondary N) is 2. The first kappa shape index (κ1) is 23.6. The Bertz CT molecular complexity index is 1420. The second kappa shape index (κ2) is 9.92. The van der Waals surface area contributed by atoms with Crippen LogP contribution in [0, 0.1) is 5.82 Å². The van der Waals surface area contributed by atoms with E-state index >= 15 is 0 Å². The first-order valence-electron chi connectivity index (χ1n) is 13.4. The number of aromatic nitrogens is 1. The molecule has 2 aliphatic carbocycles. The van der Waals surface area contributed by atoms with E-state index in [1.54, 1.807) is 0 Å². The first-order valence-corrected chi connectivity index (χ1v) is 13.4. The monoisotopic (exact) mass is 497 g/mol. The van der Waals surface area contributed by atoms with E-state index in [9.17, 15) is 9.18 Å². The van der Waals surface area contributed by atoms with E-state index in [0.717, 1.165) is 70.4 Å². The molecule has 0 saturated heterocycles. The molecule has 3 aromatic carbocycles. The summed E-state index contributed by atoms with van der Waals surface area (Å²) in [6.07, 6.45) is 6.74. The summed E-state index contributed by atoms with van der Waals surface area (Å²) in [6.45, 7) is 2.60. The van der Waals surface area contributed by atoms with Crippen molar-refractivity contribution in [2.45, 2.75) is 57.5 Å². The third kappa shape index (κ3) is 4.57. The van der Waals surface area contributed by atoms with Crippen LogP contribution < -0.4 is 15.4 Å². The number of hydrogen-bond donors (Lipinski definition) is 2. The number of carbonyl (C=O) groups is 1. The molecule has 4 aromatic rings. The molecule has 1 heterocycles. The number of anilines is 1. The van der Waals surface area contributed by atoms with Crippen LogP contribution >= 0.6 is 0 Å². The number of nitrogens with zero attached hydrogens (tertiary/aromatic N) is 1. The second-order valence-corrected chi connectivity index (χ2v) is 10.1. The highest BCUT2D eigenvalue weighted by Gasteiger charge is 2.28. The summed E-state index contributed by atoms with van der Waals surface area (Å²) in [6, 6.07) is 21.6. The predicted molar refractivity (Wildman–Crippen MR) is 147 cm³/mol. The predicted octanol–water partition coefficient (Wildman–Crippen LogP) is 7.91. The number of benzene rings is 3. The maximum atomic E-state index is 13.9. The fraction of sp³-hybridized carbons (Fsp3) is 0.323. The molecule has 190 valence electrons. The van der Waals surface area contributed by atoms with E-state index < -0.39 is 0 Å². The van der Waals surface area contributed by atoms with E-state index in [2.05, 4.69) is 39.5 Å². The van der Waals surface area contributed by atoms with E-state index in [-0.39, 0.29) is 17.9 Å². The topological polar surface area (TPSA) is 55.3 Å². The Balaban J connectivity index is 1.46. The molecule has 2 N–H and O–H groups in total. The van der Waals surface area contributed by atoms with Crippen LogP contribution in [0.5, 0.6) is 5.75 Å². The van der Waals surface area contributed by atoms with Crippen molar-refractivity contribution in [2.75, 3.05) is 11.9 Å². The van der Waals surface area contributed by atoms with E-state index in [0.29, 0.717) is 12.6 Å². The fourth-order valence-electron chi connectivity index (χ4n) is 5.38. The molecule has 0 unspecified atom stereocenters. The average molecular weight is 498 g/mol. The van der Waals surface area contributed by atoms with Gasteiger partial charge in [0.25, 0.3) is 0 Å². The van der Waals surface area contributed by atoms with Gasteiger partial charge in [0.2, 0.25) is 0 Å². The molecule has 0 aliphatic heterocycles. The van der Waals surface area contributed by atoms with Gasteiger partial charge in [0.15, 0.2) is 0 Å². The van der Waals surface area contributed by atoms with Gasteiger partial charge in [-0.2, -0.15) is 0 Å². The zero-order valence-electron chi connectivity index (χ0n) is 21.1.